The Morgan fingerprint density at radius 3 is 2.53 bits per heavy atom. The number of rotatable bonds is 17. The lowest BCUT2D eigenvalue weighted by Crippen LogP contribution is -2.37. The lowest BCUT2D eigenvalue weighted by molar-refractivity contribution is -0.138. The van der Waals surface area contributed by atoms with E-state index in [-0.39, 0.29) is 44.0 Å². The van der Waals surface area contributed by atoms with Gasteiger partial charge in [0.1, 0.15) is 5.82 Å². The topological polar surface area (TPSA) is 177 Å². The number of phenolic OH excluding ortho intramolecular Hbond substituents is 1. The Morgan fingerprint density at radius 2 is 1.84 bits per heavy atom. The van der Waals surface area contributed by atoms with Gasteiger partial charge >= 0.3 is 0 Å². The number of anilines is 1. The van der Waals surface area contributed by atoms with Crippen molar-refractivity contribution >= 4 is 23.5 Å². The Kier molecular flexibility index (Phi) is 12.3. The minimum absolute atomic E-state index is 0.0734. The highest BCUT2D eigenvalue weighted by Crippen LogP contribution is 2.53. The number of nitrogen functional groups attached to an aromatic ring is 1. The van der Waals surface area contributed by atoms with Crippen molar-refractivity contribution in [2.24, 2.45) is 17.3 Å². The van der Waals surface area contributed by atoms with Gasteiger partial charge in [-0.05, 0) is 73.6 Å². The molecule has 0 bridgehead atoms. The number of fused-ring (bicyclic) bond motifs is 1. The van der Waals surface area contributed by atoms with E-state index < -0.39 is 29.0 Å². The molecule has 2 heterocycles. The summed E-state index contributed by atoms with van der Waals surface area (Å²) < 4.78 is 5.57. The predicted molar refractivity (Wildman–Crippen MR) is 187 cm³/mol. The number of aromatic hydroxyl groups is 1. The second-order valence-electron chi connectivity index (χ2n) is 13.9. The van der Waals surface area contributed by atoms with E-state index >= 15 is 0 Å². The molecule has 0 amide bonds. The minimum atomic E-state index is -1.67. The molecule has 10 nitrogen and oxygen atoms in total. The molecule has 10 heteroatoms. The fourth-order valence-electron chi connectivity index (χ4n) is 8.01. The van der Waals surface area contributed by atoms with Gasteiger partial charge in [0.05, 0.1) is 13.7 Å². The van der Waals surface area contributed by atoms with Crippen LogP contribution in [0.1, 0.15) is 98.1 Å². The van der Waals surface area contributed by atoms with Crippen molar-refractivity contribution in [3.8, 4) is 11.5 Å². The van der Waals surface area contributed by atoms with E-state index in [1.165, 1.54) is 20.0 Å². The van der Waals surface area contributed by atoms with Crippen LogP contribution in [0.3, 0.4) is 0 Å². The number of pyridine rings is 1. The van der Waals surface area contributed by atoms with Crippen LogP contribution < -0.4 is 15.5 Å². The molecule has 49 heavy (non-hydrogen) atoms. The number of aromatic nitrogens is 2. The summed E-state index contributed by atoms with van der Waals surface area (Å²) in [5, 5.41) is 42.3. The normalized spacial score (nSPS) is 22.4. The Hall–Kier alpha value is -3.99. The number of benzene rings is 1. The maximum Gasteiger partial charge on any atom is 0.170 e. The molecule has 0 unspecified atom stereocenters. The Bertz CT molecular complexity index is 1600. The average Bonchev–Trinajstić information content (AvgIpc) is 3.63. The number of aliphatic hydroxyl groups is 3. The highest BCUT2D eigenvalue weighted by atomic mass is 16.5. The van der Waals surface area contributed by atoms with Gasteiger partial charge in [0, 0.05) is 48.1 Å². The number of methoxy groups -OCH3 is 1. The first-order valence-electron chi connectivity index (χ1n) is 17.5. The summed E-state index contributed by atoms with van der Waals surface area (Å²) in [5.41, 5.74) is 8.77. The fourth-order valence-corrected chi connectivity index (χ4v) is 8.01. The number of Topliss-reactive ketones (excluding diaryl/α,β-unsaturated/α-hetero) is 2. The van der Waals surface area contributed by atoms with Crippen molar-refractivity contribution in [3.63, 3.8) is 0 Å². The zero-order chi connectivity index (χ0) is 35.0. The quantitative estimate of drug-likeness (QED) is 0.124. The number of carbonyl (C=O) groups is 2. The molecule has 1 saturated carbocycles. The fraction of sp³-hybridized carbons (Fsp3) is 0.513. The van der Waals surface area contributed by atoms with Crippen molar-refractivity contribution in [2.45, 2.75) is 89.1 Å². The van der Waals surface area contributed by atoms with Crippen molar-refractivity contribution in [3.05, 3.63) is 76.7 Å². The number of hydrogen-bond donors (Lipinski definition) is 5. The van der Waals surface area contributed by atoms with E-state index in [0.29, 0.717) is 47.2 Å². The van der Waals surface area contributed by atoms with Crippen LogP contribution in [-0.4, -0.2) is 63.4 Å². The molecular weight excluding hydrogens is 622 g/mol. The number of nitrogens with zero attached hydrogens (tertiary/aromatic N) is 2. The molecule has 2 aliphatic carbocycles. The molecule has 1 fully saturated rings. The first-order valence-corrected chi connectivity index (χ1v) is 17.5. The molecule has 0 saturated heterocycles. The van der Waals surface area contributed by atoms with Gasteiger partial charge in [0.15, 0.2) is 29.2 Å². The van der Waals surface area contributed by atoms with E-state index in [1.807, 2.05) is 30.4 Å². The number of aryl methyl sites for hydroxylation is 1. The van der Waals surface area contributed by atoms with Crippen LogP contribution in [0, 0.1) is 17.3 Å². The van der Waals surface area contributed by atoms with Crippen molar-refractivity contribution in [2.75, 3.05) is 26.1 Å². The summed E-state index contributed by atoms with van der Waals surface area (Å²) in [7, 11) is 1.45. The van der Waals surface area contributed by atoms with Crippen molar-refractivity contribution in [1.82, 2.24) is 9.97 Å². The number of ketones is 2. The van der Waals surface area contributed by atoms with Crippen LogP contribution in [0.4, 0.5) is 5.82 Å². The van der Waals surface area contributed by atoms with Gasteiger partial charge in [-0.1, -0.05) is 56.0 Å². The predicted octanol–water partition coefficient (Wildman–Crippen LogP) is 4.90. The van der Waals surface area contributed by atoms with E-state index in [0.717, 1.165) is 43.4 Å². The summed E-state index contributed by atoms with van der Waals surface area (Å²) in [6, 6.07) is 9.00. The van der Waals surface area contributed by atoms with E-state index in [1.54, 1.807) is 24.5 Å². The van der Waals surface area contributed by atoms with Crippen LogP contribution in [0.2, 0.25) is 0 Å². The first kappa shape index (κ1) is 36.3. The summed E-state index contributed by atoms with van der Waals surface area (Å²) in [6.45, 7) is -0.0341. The van der Waals surface area contributed by atoms with E-state index in [9.17, 15) is 24.9 Å². The number of nitrogens with two attached hydrogens (primary N) is 1. The van der Waals surface area contributed by atoms with Crippen LogP contribution in [0.25, 0.3) is 6.08 Å². The van der Waals surface area contributed by atoms with Crippen LogP contribution in [-0.2, 0) is 22.4 Å². The largest absolute Gasteiger partial charge is 0.668 e. The van der Waals surface area contributed by atoms with Gasteiger partial charge in [-0.25, -0.2) is 4.98 Å². The highest BCUT2D eigenvalue weighted by Gasteiger charge is 2.43. The highest BCUT2D eigenvalue weighted by molar-refractivity contribution is 6.05. The van der Waals surface area contributed by atoms with Gasteiger partial charge in [-0.3, -0.25) is 9.59 Å². The second kappa shape index (κ2) is 16.6. The second-order valence-corrected chi connectivity index (χ2v) is 13.9. The zero-order valence-corrected chi connectivity index (χ0v) is 28.4. The number of ether oxygens (including phenoxy) is 1. The Labute approximate surface area is 288 Å². The number of aliphatic hydroxyl groups excluding tert-OH is 3. The standard InChI is InChI=1S/C39H50N3O7/c1-49-34-22-27(12-13-33(46)37(48)32(45)11-3-8-25-6-2-7-26(20-25)9-5-19-43)21-31(36(34)47)35-29-15-18-42-38(40)30(29)14-16-39(35,24-44)23-28-10-4-17-41-28/h4,10,14-18,21-22,25-26,35,37,43-44,47-48H,2-3,5-9,11-13,19-20,23-24H2,1H3,(H2,40,42)/q-1/t25-,26-,35+,37-,39+/m1/s1. The molecule has 264 valence electrons. The third-order valence-corrected chi connectivity index (χ3v) is 10.6. The molecule has 1 aromatic carbocycles. The number of phenols is 1. The Balaban J connectivity index is 1.30. The van der Waals surface area contributed by atoms with Gasteiger partial charge < -0.3 is 35.9 Å². The molecule has 0 radical (unpaired) electrons. The van der Waals surface area contributed by atoms with Gasteiger partial charge in [-0.2, -0.15) is 11.9 Å². The molecule has 0 aliphatic heterocycles. The molecular formula is C39H50N3O7-. The van der Waals surface area contributed by atoms with Gasteiger partial charge in [-0.15, -0.1) is 0 Å². The SMILES string of the molecule is COc1cc(CCC(=O)[C@H](O)C(=O)CCC[C@H]2CCC[C@H](CCCO)C2)cc([C@@H]2c3ccnc(N)c3C=C[C@@]2(CO)Cc2ccc[n-]2)c1O. The van der Waals surface area contributed by atoms with Gasteiger partial charge in [0.2, 0.25) is 0 Å². The van der Waals surface area contributed by atoms with Crippen molar-refractivity contribution in [1.29, 1.82) is 0 Å². The molecule has 3 aromatic rings. The average molecular weight is 673 g/mol. The van der Waals surface area contributed by atoms with Crippen LogP contribution in [0.15, 0.2) is 48.8 Å². The summed E-state index contributed by atoms with van der Waals surface area (Å²) in [4.78, 5) is 34.6. The molecule has 5 rings (SSSR count). The van der Waals surface area contributed by atoms with E-state index in [4.69, 9.17) is 15.6 Å². The van der Waals surface area contributed by atoms with Gasteiger partial charge in [0.25, 0.3) is 0 Å². The van der Waals surface area contributed by atoms with Crippen LogP contribution >= 0.6 is 0 Å². The minimum Gasteiger partial charge on any atom is -0.668 e. The first-order chi connectivity index (χ1) is 23.7. The third kappa shape index (κ3) is 8.43. The summed E-state index contributed by atoms with van der Waals surface area (Å²) in [5.74, 6) is 0.0282. The maximum atomic E-state index is 13.1. The molecule has 2 aliphatic rings. The summed E-state index contributed by atoms with van der Waals surface area (Å²) in [6.07, 6.45) is 14.1. The third-order valence-electron chi connectivity index (χ3n) is 10.6. The molecule has 6 N–H and O–H groups in total. The lowest BCUT2D eigenvalue weighted by Gasteiger charge is -2.42. The monoisotopic (exact) mass is 672 g/mol. The summed E-state index contributed by atoms with van der Waals surface area (Å²) >= 11 is 0. The number of hydrogen-bond acceptors (Lipinski definition) is 9. The lowest BCUT2D eigenvalue weighted by atomic mass is 9.63. The number of carbonyl (C=O) groups excluding carboxylic acids is 2. The van der Waals surface area contributed by atoms with Crippen molar-refractivity contribution < 1.29 is 34.8 Å². The maximum absolute atomic E-state index is 13.1. The molecule has 2 aromatic heterocycles. The molecule has 5 atom stereocenters. The van der Waals surface area contributed by atoms with E-state index in [2.05, 4.69) is 9.97 Å². The Morgan fingerprint density at radius 1 is 1.08 bits per heavy atom. The zero-order valence-electron chi connectivity index (χ0n) is 28.4. The smallest absolute Gasteiger partial charge is 0.170 e. The van der Waals surface area contributed by atoms with Crippen LogP contribution in [0.5, 0.6) is 11.5 Å². The molecule has 0 spiro atoms.